The second-order valence-electron chi connectivity index (χ2n) is 5.16. The quantitative estimate of drug-likeness (QED) is 0.779. The Morgan fingerprint density at radius 3 is 2.86 bits per heavy atom. The summed E-state index contributed by atoms with van der Waals surface area (Å²) < 4.78 is 48.5. The molecule has 0 spiro atoms. The van der Waals surface area contributed by atoms with E-state index in [2.05, 4.69) is 15.3 Å². The van der Waals surface area contributed by atoms with E-state index in [1.165, 1.54) is 25.5 Å². The van der Waals surface area contributed by atoms with Crippen molar-refractivity contribution in [3.63, 3.8) is 0 Å². The molecule has 0 aliphatic carbocycles. The van der Waals surface area contributed by atoms with Crippen molar-refractivity contribution in [1.29, 1.82) is 0 Å². The van der Waals surface area contributed by atoms with Gasteiger partial charge in [-0.1, -0.05) is 0 Å². The smallest absolute Gasteiger partial charge is 0.255 e. The lowest BCUT2D eigenvalue weighted by molar-refractivity contribution is 0.187. The third-order valence-electron chi connectivity index (χ3n) is 3.40. The first-order chi connectivity index (χ1) is 10.3. The highest BCUT2D eigenvalue weighted by Gasteiger charge is 2.33. The summed E-state index contributed by atoms with van der Waals surface area (Å²) in [5.41, 5.74) is 0. The number of nitrogens with zero attached hydrogens (tertiary/aromatic N) is 3. The molecule has 2 atom stereocenters. The summed E-state index contributed by atoms with van der Waals surface area (Å²) in [5, 5.41) is 2.98. The molecule has 1 fully saturated rings. The number of methoxy groups -OCH3 is 1. The fourth-order valence-electron chi connectivity index (χ4n) is 2.07. The summed E-state index contributed by atoms with van der Waals surface area (Å²) in [4.78, 5) is 7.71. The number of rotatable bonds is 6. The third-order valence-corrected chi connectivity index (χ3v) is 5.36. The van der Waals surface area contributed by atoms with E-state index < -0.39 is 15.8 Å². The van der Waals surface area contributed by atoms with Crippen molar-refractivity contribution in [2.24, 2.45) is 5.92 Å². The van der Waals surface area contributed by atoms with Crippen LogP contribution in [0.25, 0.3) is 0 Å². The van der Waals surface area contributed by atoms with E-state index in [1.54, 1.807) is 0 Å². The largest absolute Gasteiger partial charge is 0.479 e. The Labute approximate surface area is 128 Å². The molecule has 0 saturated carbocycles. The zero-order chi connectivity index (χ0) is 16.3. The van der Waals surface area contributed by atoms with Gasteiger partial charge in [0.2, 0.25) is 21.8 Å². The van der Waals surface area contributed by atoms with Gasteiger partial charge in [0.25, 0.3) is 5.88 Å². The maximum atomic E-state index is 13.3. The Bertz CT molecular complexity index is 626. The molecule has 0 bridgehead atoms. The van der Waals surface area contributed by atoms with Crippen molar-refractivity contribution in [2.45, 2.75) is 6.04 Å². The standard InChI is InChI=1S/C12H19FN4O4S/c1-17(2)22(18,19)7-8-5-21-6-10(8)15-12-14-4-9(13)11(16-12)20-3/h4,8,10H,5-7H2,1-3H3,(H,14,15,16)/t8-,10+/m0/s1. The van der Waals surface area contributed by atoms with Gasteiger partial charge in [0, 0.05) is 20.0 Å². The SMILES string of the molecule is COc1nc(N[C@@H]2COC[C@H]2CS(=O)(=O)N(C)C)ncc1F. The second-order valence-corrected chi connectivity index (χ2v) is 7.39. The molecule has 8 nitrogen and oxygen atoms in total. The van der Waals surface area contributed by atoms with Crippen LogP contribution in [0.2, 0.25) is 0 Å². The van der Waals surface area contributed by atoms with Gasteiger partial charge in [-0.3, -0.25) is 0 Å². The molecule has 0 unspecified atom stereocenters. The van der Waals surface area contributed by atoms with Crippen LogP contribution < -0.4 is 10.1 Å². The summed E-state index contributed by atoms with van der Waals surface area (Å²) in [5.74, 6) is -0.958. The zero-order valence-corrected chi connectivity index (χ0v) is 13.4. The van der Waals surface area contributed by atoms with Gasteiger partial charge in [-0.25, -0.2) is 17.7 Å². The second kappa shape index (κ2) is 6.71. The lowest BCUT2D eigenvalue weighted by Crippen LogP contribution is -2.37. The van der Waals surface area contributed by atoms with Crippen LogP contribution in [0.15, 0.2) is 6.20 Å². The van der Waals surface area contributed by atoms with Crippen LogP contribution in [0, 0.1) is 11.7 Å². The molecule has 1 aromatic rings. The Balaban J connectivity index is 2.08. The summed E-state index contributed by atoms with van der Waals surface area (Å²) in [6, 6.07) is -0.273. The highest BCUT2D eigenvalue weighted by atomic mass is 32.2. The van der Waals surface area contributed by atoms with Gasteiger partial charge in [-0.15, -0.1) is 0 Å². The fraction of sp³-hybridized carbons (Fsp3) is 0.667. The number of sulfonamides is 1. The molecule has 22 heavy (non-hydrogen) atoms. The number of hydrogen-bond acceptors (Lipinski definition) is 7. The molecule has 124 valence electrons. The average Bonchev–Trinajstić information content (AvgIpc) is 2.87. The molecule has 10 heteroatoms. The number of hydrogen-bond donors (Lipinski definition) is 1. The van der Waals surface area contributed by atoms with Gasteiger partial charge in [-0.2, -0.15) is 9.37 Å². The minimum atomic E-state index is -3.34. The Hall–Kier alpha value is -1.52. The van der Waals surface area contributed by atoms with Crippen LogP contribution in [0.4, 0.5) is 10.3 Å². The molecule has 1 aliphatic heterocycles. The molecule has 0 radical (unpaired) electrons. The van der Waals surface area contributed by atoms with Gasteiger partial charge >= 0.3 is 0 Å². The molecule has 1 aromatic heterocycles. The van der Waals surface area contributed by atoms with Crippen molar-refractivity contribution >= 4 is 16.0 Å². The van der Waals surface area contributed by atoms with E-state index in [4.69, 9.17) is 9.47 Å². The van der Waals surface area contributed by atoms with Gasteiger partial charge in [0.15, 0.2) is 0 Å². The monoisotopic (exact) mass is 334 g/mol. The van der Waals surface area contributed by atoms with Crippen LogP contribution >= 0.6 is 0 Å². The van der Waals surface area contributed by atoms with Gasteiger partial charge in [0.1, 0.15) is 0 Å². The molecule has 2 heterocycles. The van der Waals surface area contributed by atoms with E-state index >= 15 is 0 Å². The highest BCUT2D eigenvalue weighted by molar-refractivity contribution is 7.89. The molecule has 1 saturated heterocycles. The topological polar surface area (TPSA) is 93.6 Å². The fourth-order valence-corrected chi connectivity index (χ4v) is 3.24. The Kier molecular flexibility index (Phi) is 5.14. The number of ether oxygens (including phenoxy) is 2. The number of anilines is 1. The minimum absolute atomic E-state index is 0.0456. The van der Waals surface area contributed by atoms with E-state index in [1.807, 2.05) is 0 Å². The normalized spacial score (nSPS) is 22.0. The first-order valence-electron chi connectivity index (χ1n) is 6.64. The average molecular weight is 334 g/mol. The molecule has 2 rings (SSSR count). The van der Waals surface area contributed by atoms with E-state index in [0.717, 1.165) is 6.20 Å². The Morgan fingerprint density at radius 1 is 1.50 bits per heavy atom. The first kappa shape index (κ1) is 16.8. The number of nitrogens with one attached hydrogen (secondary N) is 1. The molecule has 1 N–H and O–H groups in total. The van der Waals surface area contributed by atoms with Crippen molar-refractivity contribution in [3.8, 4) is 5.88 Å². The number of halogens is 1. The van der Waals surface area contributed by atoms with Crippen LogP contribution in [0.3, 0.4) is 0 Å². The predicted molar refractivity (Wildman–Crippen MR) is 77.7 cm³/mol. The molecular formula is C12H19FN4O4S. The summed E-state index contributed by atoms with van der Waals surface area (Å²) in [6.45, 7) is 0.653. The van der Waals surface area contributed by atoms with Crippen LogP contribution in [-0.4, -0.2) is 68.9 Å². The summed E-state index contributed by atoms with van der Waals surface area (Å²) in [6.07, 6.45) is 0.996. The van der Waals surface area contributed by atoms with Gasteiger partial charge < -0.3 is 14.8 Å². The lowest BCUT2D eigenvalue weighted by Gasteiger charge is -2.21. The van der Waals surface area contributed by atoms with Crippen LogP contribution in [-0.2, 0) is 14.8 Å². The van der Waals surface area contributed by atoms with Crippen molar-refractivity contribution in [1.82, 2.24) is 14.3 Å². The minimum Gasteiger partial charge on any atom is -0.479 e. The third kappa shape index (κ3) is 3.81. The maximum absolute atomic E-state index is 13.3. The molecule has 1 aliphatic rings. The molecule has 0 aromatic carbocycles. The zero-order valence-electron chi connectivity index (χ0n) is 12.6. The van der Waals surface area contributed by atoms with Crippen LogP contribution in [0.1, 0.15) is 0 Å². The van der Waals surface area contributed by atoms with Gasteiger partial charge in [0.05, 0.1) is 38.3 Å². The van der Waals surface area contributed by atoms with Gasteiger partial charge in [-0.05, 0) is 0 Å². The predicted octanol–water partition coefficient (Wildman–Crippen LogP) is -0.0574. The lowest BCUT2D eigenvalue weighted by atomic mass is 10.1. The summed E-state index contributed by atoms with van der Waals surface area (Å²) >= 11 is 0. The summed E-state index contributed by atoms with van der Waals surface area (Å²) in [7, 11) is 0.943. The van der Waals surface area contributed by atoms with Crippen molar-refractivity contribution in [2.75, 3.05) is 45.5 Å². The number of aromatic nitrogens is 2. The van der Waals surface area contributed by atoms with E-state index in [0.29, 0.717) is 13.2 Å². The van der Waals surface area contributed by atoms with E-state index in [-0.39, 0.29) is 29.5 Å². The molecule has 0 amide bonds. The maximum Gasteiger partial charge on any atom is 0.255 e. The Morgan fingerprint density at radius 2 is 2.23 bits per heavy atom. The van der Waals surface area contributed by atoms with Crippen molar-refractivity contribution < 1.29 is 22.3 Å². The van der Waals surface area contributed by atoms with E-state index in [9.17, 15) is 12.8 Å². The first-order valence-corrected chi connectivity index (χ1v) is 8.25. The highest BCUT2D eigenvalue weighted by Crippen LogP contribution is 2.21. The van der Waals surface area contributed by atoms with Crippen LogP contribution in [0.5, 0.6) is 5.88 Å². The van der Waals surface area contributed by atoms with Crippen molar-refractivity contribution in [3.05, 3.63) is 12.0 Å². The molecular weight excluding hydrogens is 315 g/mol.